The van der Waals surface area contributed by atoms with E-state index in [-0.39, 0.29) is 5.57 Å². The van der Waals surface area contributed by atoms with Gasteiger partial charge in [0.05, 0.1) is 7.11 Å². The Morgan fingerprint density at radius 3 is 2.16 bits per heavy atom. The van der Waals surface area contributed by atoms with Crippen LogP contribution in [-0.4, -0.2) is 19.0 Å². The maximum atomic E-state index is 13.7. The zero-order valence-electron chi connectivity index (χ0n) is 16.6. The molecule has 156 valence electrons. The molecule has 1 aliphatic rings. The fourth-order valence-electron chi connectivity index (χ4n) is 4.21. The second kappa shape index (κ2) is 8.22. The summed E-state index contributed by atoms with van der Waals surface area (Å²) >= 11 is 12.2. The number of carbonyl (C=O) groups is 2. The van der Waals surface area contributed by atoms with Crippen LogP contribution in [0.3, 0.4) is 0 Å². The molecular formula is C25H18Cl2O4. The topological polar surface area (TPSA) is 52.6 Å². The fourth-order valence-corrected chi connectivity index (χ4v) is 4.47. The summed E-state index contributed by atoms with van der Waals surface area (Å²) in [5, 5.41) is 1.05. The lowest BCUT2D eigenvalue weighted by Gasteiger charge is -2.36. The molecule has 6 heteroatoms. The Morgan fingerprint density at radius 1 is 0.968 bits per heavy atom. The number of fused-ring (bicyclic) bond motifs is 1. The highest BCUT2D eigenvalue weighted by atomic mass is 35.5. The highest BCUT2D eigenvalue weighted by Crippen LogP contribution is 2.55. The van der Waals surface area contributed by atoms with E-state index in [9.17, 15) is 9.59 Å². The third-order valence-corrected chi connectivity index (χ3v) is 6.07. The third kappa shape index (κ3) is 3.42. The standard InChI is InChI=1S/C25H18Cl2O4/c1-15(23(28)30-2)22(16-7-11-18(26)12-8-16)25(17-9-13-19(27)14-10-17)20-5-3-4-6-21(20)31-24(25)29/h3-14,22H,1H2,2H3/t22-,25-/m0/s1. The molecular weight excluding hydrogens is 435 g/mol. The Balaban J connectivity index is 2.08. The molecule has 0 aromatic heterocycles. The Kier molecular flexibility index (Phi) is 5.61. The molecule has 3 aromatic rings. The molecule has 4 nitrogen and oxygen atoms in total. The molecule has 0 amide bonds. The van der Waals surface area contributed by atoms with Crippen molar-refractivity contribution in [3.8, 4) is 5.75 Å². The second-order valence-electron chi connectivity index (χ2n) is 7.20. The van der Waals surface area contributed by atoms with E-state index in [1.165, 1.54) is 7.11 Å². The first-order valence-electron chi connectivity index (χ1n) is 9.50. The quantitative estimate of drug-likeness (QED) is 0.282. The van der Waals surface area contributed by atoms with E-state index in [0.717, 1.165) is 0 Å². The van der Waals surface area contributed by atoms with E-state index in [0.29, 0.717) is 32.5 Å². The molecule has 1 heterocycles. The van der Waals surface area contributed by atoms with Crippen molar-refractivity contribution < 1.29 is 19.1 Å². The van der Waals surface area contributed by atoms with Gasteiger partial charge in [-0.1, -0.05) is 72.2 Å². The molecule has 0 bridgehead atoms. The maximum Gasteiger partial charge on any atom is 0.333 e. The first-order chi connectivity index (χ1) is 14.9. The van der Waals surface area contributed by atoms with Crippen molar-refractivity contribution in [3.63, 3.8) is 0 Å². The van der Waals surface area contributed by atoms with Crippen molar-refractivity contribution in [2.24, 2.45) is 0 Å². The number of benzene rings is 3. The van der Waals surface area contributed by atoms with Crippen molar-refractivity contribution in [1.82, 2.24) is 0 Å². The predicted molar refractivity (Wildman–Crippen MR) is 120 cm³/mol. The van der Waals surface area contributed by atoms with Gasteiger partial charge < -0.3 is 9.47 Å². The van der Waals surface area contributed by atoms with Gasteiger partial charge in [-0.25, -0.2) is 4.79 Å². The zero-order valence-corrected chi connectivity index (χ0v) is 18.1. The average Bonchev–Trinajstić information content (AvgIpc) is 3.07. The van der Waals surface area contributed by atoms with Crippen LogP contribution in [0.25, 0.3) is 0 Å². The molecule has 0 saturated carbocycles. The number of rotatable bonds is 5. The molecule has 0 N–H and O–H groups in total. The molecule has 3 aromatic carbocycles. The Labute approximate surface area is 190 Å². The lowest BCUT2D eigenvalue weighted by atomic mass is 9.62. The number of carbonyl (C=O) groups excluding carboxylic acids is 2. The van der Waals surface area contributed by atoms with Gasteiger partial charge in [-0.15, -0.1) is 0 Å². The van der Waals surface area contributed by atoms with Crippen molar-refractivity contribution in [1.29, 1.82) is 0 Å². The van der Waals surface area contributed by atoms with E-state index in [1.807, 2.05) is 12.1 Å². The van der Waals surface area contributed by atoms with Gasteiger partial charge in [-0.3, -0.25) is 4.79 Å². The van der Waals surface area contributed by atoms with E-state index in [2.05, 4.69) is 6.58 Å². The normalized spacial score (nSPS) is 18.1. The van der Waals surface area contributed by atoms with Gasteiger partial charge in [0.15, 0.2) is 0 Å². The molecule has 0 spiro atoms. The van der Waals surface area contributed by atoms with Crippen LogP contribution in [0, 0.1) is 0 Å². The number of hydrogen-bond acceptors (Lipinski definition) is 4. The van der Waals surface area contributed by atoms with Crippen molar-refractivity contribution in [2.45, 2.75) is 11.3 Å². The van der Waals surface area contributed by atoms with E-state index in [1.54, 1.807) is 60.7 Å². The molecule has 1 aliphatic heterocycles. The van der Waals surface area contributed by atoms with Crippen molar-refractivity contribution in [2.75, 3.05) is 7.11 Å². The number of halogens is 2. The predicted octanol–water partition coefficient (Wildman–Crippen LogP) is 5.71. The SMILES string of the molecule is C=C(C(=O)OC)[C@@H](c1ccc(Cl)cc1)[C@@]1(c2ccc(Cl)cc2)C(=O)Oc2ccccc21. The van der Waals surface area contributed by atoms with Gasteiger partial charge in [0, 0.05) is 27.1 Å². The Bertz CT molecular complexity index is 1170. The summed E-state index contributed by atoms with van der Waals surface area (Å²) in [5.74, 6) is -1.51. The van der Waals surface area contributed by atoms with E-state index >= 15 is 0 Å². The first kappa shape index (κ1) is 21.2. The van der Waals surface area contributed by atoms with Crippen molar-refractivity contribution in [3.05, 3.63) is 112 Å². The first-order valence-corrected chi connectivity index (χ1v) is 10.3. The van der Waals surface area contributed by atoms with Gasteiger partial charge >= 0.3 is 11.9 Å². The Hall–Kier alpha value is -3.08. The number of hydrogen-bond donors (Lipinski definition) is 0. The summed E-state index contributed by atoms with van der Waals surface area (Å²) in [6.07, 6.45) is 0. The minimum Gasteiger partial charge on any atom is -0.466 e. The summed E-state index contributed by atoms with van der Waals surface area (Å²) in [4.78, 5) is 26.3. The van der Waals surface area contributed by atoms with Gasteiger partial charge in [0.1, 0.15) is 11.2 Å². The Morgan fingerprint density at radius 2 is 1.55 bits per heavy atom. The van der Waals surface area contributed by atoms with Crippen LogP contribution in [0.4, 0.5) is 0 Å². The lowest BCUT2D eigenvalue weighted by Crippen LogP contribution is -2.43. The highest BCUT2D eigenvalue weighted by Gasteiger charge is 2.57. The van der Waals surface area contributed by atoms with Crippen LogP contribution < -0.4 is 4.74 Å². The minimum absolute atomic E-state index is 0.119. The monoisotopic (exact) mass is 452 g/mol. The minimum atomic E-state index is -1.37. The van der Waals surface area contributed by atoms with Gasteiger partial charge in [-0.2, -0.15) is 0 Å². The molecule has 0 saturated heterocycles. The average molecular weight is 453 g/mol. The molecule has 2 atom stereocenters. The molecule has 0 radical (unpaired) electrons. The highest BCUT2D eigenvalue weighted by molar-refractivity contribution is 6.30. The summed E-state index contributed by atoms with van der Waals surface area (Å²) in [5.41, 5.74) is 0.668. The van der Waals surface area contributed by atoms with E-state index < -0.39 is 23.3 Å². The third-order valence-electron chi connectivity index (χ3n) is 5.57. The van der Waals surface area contributed by atoms with Gasteiger partial charge in [0.2, 0.25) is 0 Å². The molecule has 0 fully saturated rings. The number of methoxy groups -OCH3 is 1. The molecule has 4 rings (SSSR count). The maximum absolute atomic E-state index is 13.7. The summed E-state index contributed by atoms with van der Waals surface area (Å²) in [6.45, 7) is 4.02. The molecule has 31 heavy (non-hydrogen) atoms. The number of ether oxygens (including phenoxy) is 2. The fraction of sp³-hybridized carbons (Fsp3) is 0.120. The molecule has 0 unspecified atom stereocenters. The van der Waals surface area contributed by atoms with Crippen LogP contribution in [0.15, 0.2) is 84.9 Å². The summed E-state index contributed by atoms with van der Waals surface area (Å²) in [7, 11) is 1.28. The van der Waals surface area contributed by atoms with Crippen LogP contribution in [-0.2, 0) is 19.7 Å². The van der Waals surface area contributed by atoms with E-state index in [4.69, 9.17) is 32.7 Å². The number of para-hydroxylation sites is 1. The lowest BCUT2D eigenvalue weighted by molar-refractivity contribution is -0.138. The van der Waals surface area contributed by atoms with Gasteiger partial charge in [-0.05, 0) is 41.5 Å². The summed E-state index contributed by atoms with van der Waals surface area (Å²) < 4.78 is 10.7. The van der Waals surface area contributed by atoms with Crippen molar-refractivity contribution >= 4 is 35.1 Å². The van der Waals surface area contributed by atoms with Crippen LogP contribution in [0.2, 0.25) is 10.0 Å². The van der Waals surface area contributed by atoms with Crippen LogP contribution >= 0.6 is 23.2 Å². The van der Waals surface area contributed by atoms with Crippen LogP contribution in [0.5, 0.6) is 5.75 Å². The molecule has 0 aliphatic carbocycles. The summed E-state index contributed by atoms with van der Waals surface area (Å²) in [6, 6.07) is 21.0. The smallest absolute Gasteiger partial charge is 0.333 e. The van der Waals surface area contributed by atoms with Gasteiger partial charge in [0.25, 0.3) is 0 Å². The largest absolute Gasteiger partial charge is 0.466 e. The zero-order chi connectivity index (χ0) is 22.2. The second-order valence-corrected chi connectivity index (χ2v) is 8.07. The van der Waals surface area contributed by atoms with Crippen LogP contribution in [0.1, 0.15) is 22.6 Å². The number of esters is 2.